The third-order valence-corrected chi connectivity index (χ3v) is 4.66. The number of para-hydroxylation sites is 1. The average molecular weight is 333 g/mol. The van der Waals surface area contributed by atoms with Crippen molar-refractivity contribution in [1.29, 1.82) is 0 Å². The van der Waals surface area contributed by atoms with Gasteiger partial charge < -0.3 is 15.2 Å². The molecule has 1 aromatic carbocycles. The molecule has 2 N–H and O–H groups in total. The van der Waals surface area contributed by atoms with E-state index in [1.807, 2.05) is 32.0 Å². The van der Waals surface area contributed by atoms with E-state index in [1.54, 1.807) is 0 Å². The number of nitrogens with one attached hydrogen (secondary N) is 1. The highest BCUT2D eigenvalue weighted by Gasteiger charge is 2.38. The standard InChI is InChI=1S/C19H27NO4/c1-3-14-9-8-10-15(4-2)17(14)20-16(21)13-24-18(22)19(23)11-6-5-7-12-19/h8-10,23H,3-7,11-13H2,1-2H3,(H,20,21). The Morgan fingerprint density at radius 2 is 1.71 bits per heavy atom. The lowest BCUT2D eigenvalue weighted by atomic mass is 9.85. The molecule has 0 saturated heterocycles. The Balaban J connectivity index is 1.95. The van der Waals surface area contributed by atoms with Gasteiger partial charge in [0.2, 0.25) is 0 Å². The van der Waals surface area contributed by atoms with E-state index in [0.29, 0.717) is 12.8 Å². The minimum atomic E-state index is -1.42. The molecule has 132 valence electrons. The molecule has 1 aromatic rings. The first-order valence-electron chi connectivity index (χ1n) is 8.80. The second-order valence-corrected chi connectivity index (χ2v) is 6.37. The van der Waals surface area contributed by atoms with Crippen LogP contribution in [0, 0.1) is 0 Å². The van der Waals surface area contributed by atoms with Crippen LogP contribution < -0.4 is 5.32 Å². The van der Waals surface area contributed by atoms with Gasteiger partial charge >= 0.3 is 5.97 Å². The van der Waals surface area contributed by atoms with Crippen LogP contribution in [0.25, 0.3) is 0 Å². The molecular weight excluding hydrogens is 306 g/mol. The third kappa shape index (κ3) is 4.35. The van der Waals surface area contributed by atoms with Crippen molar-refractivity contribution >= 4 is 17.6 Å². The zero-order valence-electron chi connectivity index (χ0n) is 14.6. The topological polar surface area (TPSA) is 75.6 Å². The van der Waals surface area contributed by atoms with E-state index in [9.17, 15) is 14.7 Å². The fraction of sp³-hybridized carbons (Fsp3) is 0.579. The van der Waals surface area contributed by atoms with Crippen molar-refractivity contribution in [3.05, 3.63) is 29.3 Å². The minimum Gasteiger partial charge on any atom is -0.453 e. The molecule has 0 atom stereocenters. The summed E-state index contributed by atoms with van der Waals surface area (Å²) in [7, 11) is 0. The number of anilines is 1. The monoisotopic (exact) mass is 333 g/mol. The Morgan fingerprint density at radius 1 is 1.12 bits per heavy atom. The number of aryl methyl sites for hydroxylation is 2. The van der Waals surface area contributed by atoms with Crippen LogP contribution in [0.15, 0.2) is 18.2 Å². The van der Waals surface area contributed by atoms with Crippen molar-refractivity contribution in [3.63, 3.8) is 0 Å². The van der Waals surface area contributed by atoms with Gasteiger partial charge in [-0.1, -0.05) is 38.5 Å². The van der Waals surface area contributed by atoms with Crippen LogP contribution in [0.5, 0.6) is 0 Å². The van der Waals surface area contributed by atoms with Gasteiger partial charge in [0.15, 0.2) is 12.2 Å². The Hall–Kier alpha value is -1.88. The van der Waals surface area contributed by atoms with E-state index in [-0.39, 0.29) is 12.5 Å². The molecule has 0 aromatic heterocycles. The van der Waals surface area contributed by atoms with Crippen LogP contribution in [-0.4, -0.2) is 29.2 Å². The predicted molar refractivity (Wildman–Crippen MR) is 92.8 cm³/mol. The van der Waals surface area contributed by atoms with E-state index in [1.165, 1.54) is 0 Å². The molecule has 5 heteroatoms. The lowest BCUT2D eigenvalue weighted by Crippen LogP contribution is -2.42. The summed E-state index contributed by atoms with van der Waals surface area (Å²) in [6.45, 7) is 3.69. The molecule has 1 amide bonds. The van der Waals surface area contributed by atoms with Gasteiger partial charge in [-0.05, 0) is 49.7 Å². The summed E-state index contributed by atoms with van der Waals surface area (Å²) in [6, 6.07) is 5.93. The van der Waals surface area contributed by atoms with Crippen LogP contribution >= 0.6 is 0 Å². The molecule has 0 spiro atoms. The van der Waals surface area contributed by atoms with E-state index >= 15 is 0 Å². The number of esters is 1. The average Bonchev–Trinajstić information content (AvgIpc) is 2.60. The van der Waals surface area contributed by atoms with Gasteiger partial charge in [0.05, 0.1) is 0 Å². The minimum absolute atomic E-state index is 0.373. The van der Waals surface area contributed by atoms with Crippen LogP contribution in [-0.2, 0) is 27.2 Å². The molecule has 0 bridgehead atoms. The van der Waals surface area contributed by atoms with Gasteiger partial charge in [-0.2, -0.15) is 0 Å². The largest absolute Gasteiger partial charge is 0.453 e. The fourth-order valence-corrected chi connectivity index (χ4v) is 3.18. The molecule has 2 rings (SSSR count). The molecule has 5 nitrogen and oxygen atoms in total. The summed E-state index contributed by atoms with van der Waals surface area (Å²) in [5, 5.41) is 13.2. The number of hydrogen-bond acceptors (Lipinski definition) is 4. The highest BCUT2D eigenvalue weighted by Crippen LogP contribution is 2.29. The number of hydrogen-bond donors (Lipinski definition) is 2. The molecule has 0 aliphatic heterocycles. The summed E-state index contributed by atoms with van der Waals surface area (Å²) in [5.74, 6) is -1.06. The van der Waals surface area contributed by atoms with Gasteiger partial charge in [-0.25, -0.2) is 4.79 Å². The fourth-order valence-electron chi connectivity index (χ4n) is 3.18. The quantitative estimate of drug-likeness (QED) is 0.785. The van der Waals surface area contributed by atoms with Gasteiger partial charge in [-0.3, -0.25) is 4.79 Å². The summed E-state index contributed by atoms with van der Waals surface area (Å²) in [4.78, 5) is 24.2. The van der Waals surface area contributed by atoms with Gasteiger partial charge in [0.25, 0.3) is 5.91 Å². The number of rotatable bonds is 6. The van der Waals surface area contributed by atoms with Crippen molar-refractivity contribution in [2.24, 2.45) is 0 Å². The van der Waals surface area contributed by atoms with E-state index in [2.05, 4.69) is 5.32 Å². The first-order chi connectivity index (χ1) is 11.5. The maximum Gasteiger partial charge on any atom is 0.338 e. The SMILES string of the molecule is CCc1cccc(CC)c1NC(=O)COC(=O)C1(O)CCCCC1. The van der Waals surface area contributed by atoms with Crippen molar-refractivity contribution < 1.29 is 19.4 Å². The number of amides is 1. The Labute approximate surface area is 143 Å². The summed E-state index contributed by atoms with van der Waals surface area (Å²) >= 11 is 0. The van der Waals surface area contributed by atoms with Gasteiger partial charge in [-0.15, -0.1) is 0 Å². The second kappa shape index (κ2) is 8.29. The lowest BCUT2D eigenvalue weighted by Gasteiger charge is -2.29. The molecule has 1 saturated carbocycles. The summed E-state index contributed by atoms with van der Waals surface area (Å²) < 4.78 is 5.06. The van der Waals surface area contributed by atoms with Crippen molar-refractivity contribution in [3.8, 4) is 0 Å². The Bertz CT molecular complexity index is 569. The first-order valence-corrected chi connectivity index (χ1v) is 8.80. The van der Waals surface area contributed by atoms with E-state index in [4.69, 9.17) is 4.74 Å². The lowest BCUT2D eigenvalue weighted by molar-refractivity contribution is -0.170. The Morgan fingerprint density at radius 3 is 2.25 bits per heavy atom. The van der Waals surface area contributed by atoms with Crippen LogP contribution in [0.2, 0.25) is 0 Å². The molecule has 1 aliphatic rings. The predicted octanol–water partition coefficient (Wildman–Crippen LogP) is 2.99. The van der Waals surface area contributed by atoms with E-state index < -0.39 is 11.6 Å². The zero-order chi connectivity index (χ0) is 17.6. The van der Waals surface area contributed by atoms with Crippen LogP contribution in [0.1, 0.15) is 57.1 Å². The van der Waals surface area contributed by atoms with Crippen LogP contribution in [0.3, 0.4) is 0 Å². The highest BCUT2D eigenvalue weighted by molar-refractivity contribution is 5.94. The maximum absolute atomic E-state index is 12.2. The number of carbonyl (C=O) groups is 2. The van der Waals surface area contributed by atoms with Crippen molar-refractivity contribution in [2.75, 3.05) is 11.9 Å². The van der Waals surface area contributed by atoms with E-state index in [0.717, 1.165) is 48.9 Å². The normalized spacial score (nSPS) is 16.5. The highest BCUT2D eigenvalue weighted by atomic mass is 16.6. The number of carbonyl (C=O) groups excluding carboxylic acids is 2. The molecule has 1 fully saturated rings. The molecule has 0 radical (unpaired) electrons. The molecule has 0 unspecified atom stereocenters. The molecule has 24 heavy (non-hydrogen) atoms. The maximum atomic E-state index is 12.2. The number of aliphatic hydroxyl groups is 1. The smallest absolute Gasteiger partial charge is 0.338 e. The molecular formula is C19H27NO4. The summed E-state index contributed by atoms with van der Waals surface area (Å²) in [5.41, 5.74) is 1.49. The molecule has 1 aliphatic carbocycles. The third-order valence-electron chi connectivity index (χ3n) is 4.66. The molecule has 0 heterocycles. The van der Waals surface area contributed by atoms with Gasteiger partial charge in [0.1, 0.15) is 0 Å². The number of ether oxygens (including phenoxy) is 1. The number of benzene rings is 1. The first kappa shape index (κ1) is 18.5. The zero-order valence-corrected chi connectivity index (χ0v) is 14.6. The Kier molecular flexibility index (Phi) is 6.37. The van der Waals surface area contributed by atoms with Crippen molar-refractivity contribution in [1.82, 2.24) is 0 Å². The summed E-state index contributed by atoms with van der Waals surface area (Å²) in [6.07, 6.45) is 5.07. The van der Waals surface area contributed by atoms with Crippen molar-refractivity contribution in [2.45, 2.75) is 64.4 Å². The second-order valence-electron chi connectivity index (χ2n) is 6.37. The van der Waals surface area contributed by atoms with Crippen LogP contribution in [0.4, 0.5) is 5.69 Å². The van der Waals surface area contributed by atoms with Gasteiger partial charge in [0, 0.05) is 5.69 Å².